The number of rotatable bonds is 4. The molecule has 1 heterocycles. The summed E-state index contributed by atoms with van der Waals surface area (Å²) in [7, 11) is 0. The average Bonchev–Trinajstić information content (AvgIpc) is 2.39. The quantitative estimate of drug-likeness (QED) is 0.862. The molecule has 1 aliphatic carbocycles. The Morgan fingerprint density at radius 1 is 1.25 bits per heavy atom. The van der Waals surface area contributed by atoms with Crippen molar-refractivity contribution in [2.45, 2.75) is 58.4 Å². The molecule has 0 aromatic heterocycles. The fourth-order valence-corrected chi connectivity index (χ4v) is 3.79. The van der Waals surface area contributed by atoms with Gasteiger partial charge in [0.25, 0.3) is 0 Å². The van der Waals surface area contributed by atoms with Crippen LogP contribution in [-0.4, -0.2) is 43.3 Å². The van der Waals surface area contributed by atoms with Crippen LogP contribution < -0.4 is 5.32 Å². The third kappa shape index (κ3) is 4.97. The summed E-state index contributed by atoms with van der Waals surface area (Å²) < 4.78 is 5.00. The molecule has 116 valence electrons. The Kier molecular flexibility index (Phi) is 6.14. The standard InChI is InChI=1S/C16H30N2O2/c1-3-20-16(19)17-15-9-13(2)10-18(12-15)11-14-7-5-4-6-8-14/h13-15H,3-12H2,1-2H3,(H,17,19). The Morgan fingerprint density at radius 2 is 2.00 bits per heavy atom. The van der Waals surface area contributed by atoms with Gasteiger partial charge >= 0.3 is 6.09 Å². The van der Waals surface area contributed by atoms with E-state index < -0.39 is 0 Å². The smallest absolute Gasteiger partial charge is 0.407 e. The van der Waals surface area contributed by atoms with E-state index in [2.05, 4.69) is 17.1 Å². The molecule has 2 rings (SSSR count). The number of hydrogen-bond donors (Lipinski definition) is 1. The van der Waals surface area contributed by atoms with Crippen LogP contribution in [0.5, 0.6) is 0 Å². The highest BCUT2D eigenvalue weighted by molar-refractivity contribution is 5.67. The zero-order chi connectivity index (χ0) is 14.4. The minimum absolute atomic E-state index is 0.251. The van der Waals surface area contributed by atoms with Gasteiger partial charge in [0.05, 0.1) is 6.61 Å². The van der Waals surface area contributed by atoms with Crippen LogP contribution in [0.25, 0.3) is 0 Å². The molecule has 2 fully saturated rings. The Hall–Kier alpha value is -0.770. The molecule has 0 aromatic rings. The van der Waals surface area contributed by atoms with Crippen LogP contribution in [-0.2, 0) is 4.74 Å². The first-order chi connectivity index (χ1) is 9.67. The van der Waals surface area contributed by atoms with Crippen LogP contribution in [0.3, 0.4) is 0 Å². The molecule has 1 saturated heterocycles. The molecule has 0 radical (unpaired) electrons. The van der Waals surface area contributed by atoms with Crippen molar-refractivity contribution in [2.75, 3.05) is 26.2 Å². The molecule has 2 unspecified atom stereocenters. The minimum atomic E-state index is -0.260. The van der Waals surface area contributed by atoms with Crippen molar-refractivity contribution in [3.63, 3.8) is 0 Å². The SMILES string of the molecule is CCOC(=O)NC1CC(C)CN(CC2CCCCC2)C1. The molecule has 2 aliphatic rings. The van der Waals surface area contributed by atoms with Crippen LogP contribution in [0.4, 0.5) is 4.79 Å². The molecule has 0 spiro atoms. The van der Waals surface area contributed by atoms with Crippen molar-refractivity contribution in [3.8, 4) is 0 Å². The summed E-state index contributed by atoms with van der Waals surface area (Å²) in [6, 6.07) is 0.251. The number of ether oxygens (including phenoxy) is 1. The van der Waals surface area contributed by atoms with Crippen molar-refractivity contribution in [3.05, 3.63) is 0 Å². The minimum Gasteiger partial charge on any atom is -0.450 e. The van der Waals surface area contributed by atoms with Gasteiger partial charge in [-0.3, -0.25) is 0 Å². The lowest BCUT2D eigenvalue weighted by molar-refractivity contribution is 0.106. The van der Waals surface area contributed by atoms with Crippen molar-refractivity contribution in [2.24, 2.45) is 11.8 Å². The van der Waals surface area contributed by atoms with Gasteiger partial charge in [0, 0.05) is 25.7 Å². The number of alkyl carbamates (subject to hydrolysis) is 1. The number of likely N-dealkylation sites (tertiary alicyclic amines) is 1. The van der Waals surface area contributed by atoms with Crippen LogP contribution in [0.2, 0.25) is 0 Å². The van der Waals surface area contributed by atoms with E-state index in [4.69, 9.17) is 4.74 Å². The van der Waals surface area contributed by atoms with E-state index >= 15 is 0 Å². The second-order valence-corrected chi connectivity index (χ2v) is 6.63. The summed E-state index contributed by atoms with van der Waals surface area (Å²) in [4.78, 5) is 14.1. The number of carbonyl (C=O) groups excluding carboxylic acids is 1. The van der Waals surface area contributed by atoms with Gasteiger partial charge < -0.3 is 15.0 Å². The first kappa shape index (κ1) is 15.6. The normalized spacial score (nSPS) is 29.1. The van der Waals surface area contributed by atoms with Gasteiger partial charge in [-0.15, -0.1) is 0 Å². The highest BCUT2D eigenvalue weighted by Gasteiger charge is 2.28. The molecule has 0 aromatic carbocycles. The second-order valence-electron chi connectivity index (χ2n) is 6.63. The molecular weight excluding hydrogens is 252 g/mol. The number of carbonyl (C=O) groups is 1. The van der Waals surface area contributed by atoms with E-state index in [0.29, 0.717) is 12.5 Å². The Bertz CT molecular complexity index is 303. The van der Waals surface area contributed by atoms with Crippen LogP contribution in [0, 0.1) is 11.8 Å². The maximum Gasteiger partial charge on any atom is 0.407 e. The van der Waals surface area contributed by atoms with Crippen LogP contribution in [0.15, 0.2) is 0 Å². The highest BCUT2D eigenvalue weighted by atomic mass is 16.5. The van der Waals surface area contributed by atoms with Crippen molar-refractivity contribution in [1.82, 2.24) is 10.2 Å². The lowest BCUT2D eigenvalue weighted by Gasteiger charge is -2.39. The molecule has 1 amide bonds. The van der Waals surface area contributed by atoms with Gasteiger partial charge in [0.1, 0.15) is 0 Å². The van der Waals surface area contributed by atoms with Gasteiger partial charge in [0.2, 0.25) is 0 Å². The number of nitrogens with zero attached hydrogens (tertiary/aromatic N) is 1. The maximum atomic E-state index is 11.6. The number of hydrogen-bond acceptors (Lipinski definition) is 3. The zero-order valence-corrected chi connectivity index (χ0v) is 13.1. The Labute approximate surface area is 123 Å². The molecule has 1 N–H and O–H groups in total. The first-order valence-corrected chi connectivity index (χ1v) is 8.33. The third-order valence-corrected chi connectivity index (χ3v) is 4.57. The largest absolute Gasteiger partial charge is 0.450 e. The molecule has 1 saturated carbocycles. The summed E-state index contributed by atoms with van der Waals surface area (Å²) in [5.41, 5.74) is 0. The van der Waals surface area contributed by atoms with E-state index in [1.54, 1.807) is 0 Å². The predicted octanol–water partition coefficient (Wildman–Crippen LogP) is 3.02. The predicted molar refractivity (Wildman–Crippen MR) is 80.7 cm³/mol. The van der Waals surface area contributed by atoms with Gasteiger partial charge in [-0.05, 0) is 38.0 Å². The van der Waals surface area contributed by atoms with E-state index in [1.807, 2.05) is 6.92 Å². The molecule has 0 bridgehead atoms. The van der Waals surface area contributed by atoms with Crippen LogP contribution >= 0.6 is 0 Å². The van der Waals surface area contributed by atoms with Crippen molar-refractivity contribution < 1.29 is 9.53 Å². The summed E-state index contributed by atoms with van der Waals surface area (Å²) in [5.74, 6) is 1.52. The van der Waals surface area contributed by atoms with Crippen molar-refractivity contribution >= 4 is 6.09 Å². The summed E-state index contributed by atoms with van der Waals surface area (Å²) >= 11 is 0. The molecule has 4 nitrogen and oxygen atoms in total. The molecular formula is C16H30N2O2. The Balaban J connectivity index is 1.79. The number of piperidine rings is 1. The van der Waals surface area contributed by atoms with Gasteiger partial charge in [-0.25, -0.2) is 4.79 Å². The highest BCUT2D eigenvalue weighted by Crippen LogP contribution is 2.26. The summed E-state index contributed by atoms with van der Waals surface area (Å²) in [6.45, 7) is 7.95. The molecule has 4 heteroatoms. The summed E-state index contributed by atoms with van der Waals surface area (Å²) in [5, 5.41) is 3.01. The monoisotopic (exact) mass is 282 g/mol. The first-order valence-electron chi connectivity index (χ1n) is 8.33. The zero-order valence-electron chi connectivity index (χ0n) is 13.1. The lowest BCUT2D eigenvalue weighted by atomic mass is 9.87. The molecule has 20 heavy (non-hydrogen) atoms. The second kappa shape index (κ2) is 7.87. The van der Waals surface area contributed by atoms with E-state index in [0.717, 1.165) is 18.9 Å². The average molecular weight is 282 g/mol. The topological polar surface area (TPSA) is 41.6 Å². The summed E-state index contributed by atoms with van der Waals surface area (Å²) in [6.07, 6.45) is 7.81. The lowest BCUT2D eigenvalue weighted by Crippen LogP contribution is -2.51. The third-order valence-electron chi connectivity index (χ3n) is 4.57. The molecule has 1 aliphatic heterocycles. The van der Waals surface area contributed by atoms with Crippen molar-refractivity contribution in [1.29, 1.82) is 0 Å². The molecule has 2 atom stereocenters. The van der Waals surface area contributed by atoms with Gasteiger partial charge in [0.15, 0.2) is 0 Å². The van der Waals surface area contributed by atoms with E-state index in [1.165, 1.54) is 45.2 Å². The van der Waals surface area contributed by atoms with Crippen LogP contribution in [0.1, 0.15) is 52.4 Å². The Morgan fingerprint density at radius 3 is 2.70 bits per heavy atom. The number of nitrogens with one attached hydrogen (secondary N) is 1. The van der Waals surface area contributed by atoms with Gasteiger partial charge in [-0.1, -0.05) is 26.2 Å². The fraction of sp³-hybridized carbons (Fsp3) is 0.938. The maximum absolute atomic E-state index is 11.6. The van der Waals surface area contributed by atoms with E-state index in [-0.39, 0.29) is 12.1 Å². The van der Waals surface area contributed by atoms with Gasteiger partial charge in [-0.2, -0.15) is 0 Å². The van der Waals surface area contributed by atoms with E-state index in [9.17, 15) is 4.79 Å². The number of amides is 1. The fourth-order valence-electron chi connectivity index (χ4n) is 3.79.